The Morgan fingerprint density at radius 1 is 1.07 bits per heavy atom. The minimum atomic E-state index is -3.52. The summed E-state index contributed by atoms with van der Waals surface area (Å²) in [5.74, 6) is 0. The summed E-state index contributed by atoms with van der Waals surface area (Å²) >= 11 is 0. The molecule has 1 saturated heterocycles. The van der Waals surface area contributed by atoms with Gasteiger partial charge in [0.25, 0.3) is 0 Å². The standard InChI is InChI=1S/C22H26N4O3S/c1-18-7-8-21(30(27,28)26-9-11-29-12-10-26)13-22(18)23-14-20-15-24-25(17-20)16-19-5-3-2-4-6-19/h2-8,13,15,17,23H,9-12,14,16H2,1H3. The maximum absolute atomic E-state index is 12.9. The van der Waals surface area contributed by atoms with E-state index in [2.05, 4.69) is 22.5 Å². The molecular weight excluding hydrogens is 400 g/mol. The van der Waals surface area contributed by atoms with E-state index in [0.717, 1.165) is 16.8 Å². The number of hydrogen-bond acceptors (Lipinski definition) is 5. The van der Waals surface area contributed by atoms with Crippen LogP contribution in [-0.2, 0) is 27.8 Å². The minimum Gasteiger partial charge on any atom is -0.381 e. The van der Waals surface area contributed by atoms with Gasteiger partial charge in [0.1, 0.15) is 0 Å². The van der Waals surface area contributed by atoms with Gasteiger partial charge in [0.15, 0.2) is 0 Å². The number of nitrogens with zero attached hydrogens (tertiary/aromatic N) is 3. The van der Waals surface area contributed by atoms with Gasteiger partial charge in [0, 0.05) is 37.1 Å². The van der Waals surface area contributed by atoms with Gasteiger partial charge < -0.3 is 10.1 Å². The number of anilines is 1. The van der Waals surface area contributed by atoms with E-state index in [1.54, 1.807) is 12.1 Å². The van der Waals surface area contributed by atoms with Crippen LogP contribution in [0.5, 0.6) is 0 Å². The lowest BCUT2D eigenvalue weighted by Gasteiger charge is -2.26. The number of hydrogen-bond donors (Lipinski definition) is 1. The highest BCUT2D eigenvalue weighted by atomic mass is 32.2. The highest BCUT2D eigenvalue weighted by Crippen LogP contribution is 2.24. The van der Waals surface area contributed by atoms with Crippen LogP contribution >= 0.6 is 0 Å². The maximum Gasteiger partial charge on any atom is 0.243 e. The van der Waals surface area contributed by atoms with Crippen molar-refractivity contribution in [1.82, 2.24) is 14.1 Å². The van der Waals surface area contributed by atoms with Crippen LogP contribution < -0.4 is 5.32 Å². The third-order valence-electron chi connectivity index (χ3n) is 5.17. The van der Waals surface area contributed by atoms with Crippen molar-refractivity contribution in [2.24, 2.45) is 0 Å². The molecule has 3 aromatic rings. The average molecular weight is 427 g/mol. The molecule has 0 unspecified atom stereocenters. The monoisotopic (exact) mass is 426 g/mol. The van der Waals surface area contributed by atoms with Crippen molar-refractivity contribution in [2.45, 2.75) is 24.9 Å². The Bertz CT molecular complexity index is 1090. The van der Waals surface area contributed by atoms with Gasteiger partial charge in [-0.1, -0.05) is 36.4 Å². The van der Waals surface area contributed by atoms with Gasteiger partial charge in [-0.05, 0) is 30.2 Å². The number of sulfonamides is 1. The molecule has 30 heavy (non-hydrogen) atoms. The predicted octanol–water partition coefficient (Wildman–Crippen LogP) is 2.87. The van der Waals surface area contributed by atoms with Crippen molar-refractivity contribution in [2.75, 3.05) is 31.6 Å². The summed E-state index contributed by atoms with van der Waals surface area (Å²) in [6.07, 6.45) is 3.84. The fourth-order valence-corrected chi connectivity index (χ4v) is 4.87. The highest BCUT2D eigenvalue weighted by molar-refractivity contribution is 7.89. The molecule has 0 bridgehead atoms. The summed E-state index contributed by atoms with van der Waals surface area (Å²) in [6.45, 7) is 4.89. The van der Waals surface area contributed by atoms with Gasteiger partial charge in [-0.2, -0.15) is 9.40 Å². The van der Waals surface area contributed by atoms with E-state index in [1.807, 2.05) is 48.3 Å². The molecular formula is C22H26N4O3S. The Kier molecular flexibility index (Phi) is 6.17. The van der Waals surface area contributed by atoms with Crippen LogP contribution in [-0.4, -0.2) is 48.8 Å². The molecule has 2 heterocycles. The van der Waals surface area contributed by atoms with E-state index >= 15 is 0 Å². The third kappa shape index (κ3) is 4.72. The molecule has 1 aliphatic heterocycles. The number of nitrogens with one attached hydrogen (secondary N) is 1. The number of morpholine rings is 1. The van der Waals surface area contributed by atoms with Crippen molar-refractivity contribution < 1.29 is 13.2 Å². The Morgan fingerprint density at radius 2 is 1.83 bits per heavy atom. The molecule has 1 aliphatic rings. The molecule has 7 nitrogen and oxygen atoms in total. The Hall–Kier alpha value is -2.68. The molecule has 1 fully saturated rings. The quantitative estimate of drug-likeness (QED) is 0.629. The molecule has 1 aromatic heterocycles. The normalized spacial score (nSPS) is 15.2. The van der Waals surface area contributed by atoms with Crippen LogP contribution in [0.15, 0.2) is 65.8 Å². The summed E-state index contributed by atoms with van der Waals surface area (Å²) in [6, 6.07) is 15.4. The van der Waals surface area contributed by atoms with Crippen LogP contribution in [0.2, 0.25) is 0 Å². The zero-order valence-electron chi connectivity index (χ0n) is 17.0. The van der Waals surface area contributed by atoms with Crippen LogP contribution in [0.1, 0.15) is 16.7 Å². The third-order valence-corrected chi connectivity index (χ3v) is 7.07. The second kappa shape index (κ2) is 8.99. The molecule has 0 aliphatic carbocycles. The summed E-state index contributed by atoms with van der Waals surface area (Å²) in [7, 11) is -3.52. The highest BCUT2D eigenvalue weighted by Gasteiger charge is 2.26. The lowest BCUT2D eigenvalue weighted by Crippen LogP contribution is -2.40. The lowest BCUT2D eigenvalue weighted by molar-refractivity contribution is 0.0730. The smallest absolute Gasteiger partial charge is 0.243 e. The number of benzene rings is 2. The van der Waals surface area contributed by atoms with Gasteiger partial charge in [-0.15, -0.1) is 0 Å². The molecule has 8 heteroatoms. The minimum absolute atomic E-state index is 0.303. The molecule has 4 rings (SSSR count). The van der Waals surface area contributed by atoms with Crippen molar-refractivity contribution in [3.63, 3.8) is 0 Å². The first-order valence-corrected chi connectivity index (χ1v) is 11.4. The van der Waals surface area contributed by atoms with Gasteiger partial charge in [-0.3, -0.25) is 4.68 Å². The first kappa shape index (κ1) is 20.6. The number of aromatic nitrogens is 2. The van der Waals surface area contributed by atoms with Crippen molar-refractivity contribution in [3.8, 4) is 0 Å². The molecule has 0 atom stereocenters. The SMILES string of the molecule is Cc1ccc(S(=O)(=O)N2CCOCC2)cc1NCc1cnn(Cc2ccccc2)c1. The summed E-state index contributed by atoms with van der Waals surface area (Å²) in [5, 5.41) is 7.79. The molecule has 1 N–H and O–H groups in total. The van der Waals surface area contributed by atoms with Crippen LogP contribution in [0.25, 0.3) is 0 Å². The summed E-state index contributed by atoms with van der Waals surface area (Å²) < 4.78 is 34.5. The van der Waals surface area contributed by atoms with Crippen molar-refractivity contribution in [1.29, 1.82) is 0 Å². The van der Waals surface area contributed by atoms with Crippen LogP contribution in [0.3, 0.4) is 0 Å². The van der Waals surface area contributed by atoms with Crippen LogP contribution in [0, 0.1) is 6.92 Å². The van der Waals surface area contributed by atoms with Gasteiger partial charge in [0.05, 0.1) is 30.9 Å². The maximum atomic E-state index is 12.9. The Morgan fingerprint density at radius 3 is 2.60 bits per heavy atom. The second-order valence-electron chi connectivity index (χ2n) is 7.38. The number of ether oxygens (including phenoxy) is 1. The summed E-state index contributed by atoms with van der Waals surface area (Å²) in [4.78, 5) is 0.303. The molecule has 0 spiro atoms. The first-order valence-electron chi connectivity index (χ1n) is 10.00. The first-order chi connectivity index (χ1) is 14.5. The van der Waals surface area contributed by atoms with E-state index in [4.69, 9.17) is 4.74 Å². The van der Waals surface area contributed by atoms with Gasteiger partial charge >= 0.3 is 0 Å². The number of rotatable bonds is 7. The second-order valence-corrected chi connectivity index (χ2v) is 9.32. The molecule has 2 aromatic carbocycles. The Labute approximate surface area is 177 Å². The number of aryl methyl sites for hydroxylation is 1. The fraction of sp³-hybridized carbons (Fsp3) is 0.318. The Balaban J connectivity index is 1.44. The topological polar surface area (TPSA) is 76.5 Å². The van der Waals surface area contributed by atoms with Gasteiger partial charge in [-0.25, -0.2) is 8.42 Å². The largest absolute Gasteiger partial charge is 0.381 e. The van der Waals surface area contributed by atoms with Crippen LogP contribution in [0.4, 0.5) is 5.69 Å². The van der Waals surface area contributed by atoms with E-state index in [9.17, 15) is 8.42 Å². The molecule has 0 amide bonds. The zero-order chi connectivity index (χ0) is 21.0. The molecule has 0 radical (unpaired) electrons. The zero-order valence-corrected chi connectivity index (χ0v) is 17.8. The fourth-order valence-electron chi connectivity index (χ4n) is 3.44. The predicted molar refractivity (Wildman–Crippen MR) is 116 cm³/mol. The summed E-state index contributed by atoms with van der Waals surface area (Å²) in [5.41, 5.74) is 4.02. The van der Waals surface area contributed by atoms with E-state index in [1.165, 1.54) is 9.87 Å². The van der Waals surface area contributed by atoms with Gasteiger partial charge in [0.2, 0.25) is 10.0 Å². The molecule has 158 valence electrons. The van der Waals surface area contributed by atoms with E-state index in [0.29, 0.717) is 44.3 Å². The van der Waals surface area contributed by atoms with Crippen molar-refractivity contribution >= 4 is 15.7 Å². The lowest BCUT2D eigenvalue weighted by atomic mass is 10.2. The average Bonchev–Trinajstić information content (AvgIpc) is 3.21. The van der Waals surface area contributed by atoms with E-state index in [-0.39, 0.29) is 0 Å². The van der Waals surface area contributed by atoms with E-state index < -0.39 is 10.0 Å². The van der Waals surface area contributed by atoms with Crippen molar-refractivity contribution in [3.05, 3.63) is 77.6 Å². The molecule has 0 saturated carbocycles.